The number of nitrogens with one attached hydrogen (secondary N) is 1. The molecule has 3 aromatic rings. The number of ether oxygens (including phenoxy) is 1. The van der Waals surface area contributed by atoms with Crippen LogP contribution in [0.2, 0.25) is 5.02 Å². The molecule has 9 heteroatoms. The molecule has 1 N–H and O–H groups in total. The maximum Gasteiger partial charge on any atom is 0.267 e. The highest BCUT2D eigenvalue weighted by Crippen LogP contribution is 2.23. The molecule has 2 aromatic carbocycles. The van der Waals surface area contributed by atoms with Gasteiger partial charge in [0.1, 0.15) is 22.2 Å². The number of aryl methyl sites for hydroxylation is 1. The summed E-state index contributed by atoms with van der Waals surface area (Å²) >= 11 is 7.10. The predicted octanol–water partition coefficient (Wildman–Crippen LogP) is 4.73. The maximum absolute atomic E-state index is 12.6. The minimum Gasteiger partial charge on any atom is -0.486 e. The van der Waals surface area contributed by atoms with Gasteiger partial charge in [-0.25, -0.2) is 13.4 Å². The smallest absolute Gasteiger partial charge is 0.267 e. The van der Waals surface area contributed by atoms with E-state index >= 15 is 0 Å². The highest BCUT2D eigenvalue weighted by Gasteiger charge is 2.17. The van der Waals surface area contributed by atoms with Crippen LogP contribution in [0, 0.1) is 6.92 Å². The third-order valence-electron chi connectivity index (χ3n) is 4.07. The zero-order valence-corrected chi connectivity index (χ0v) is 18.2. The first-order valence-electron chi connectivity index (χ1n) is 8.77. The molecular formula is C20H19ClN2O4S2. The lowest BCUT2D eigenvalue weighted by molar-refractivity contribution is 0.103. The molecule has 0 unspecified atom stereocenters. The molecule has 1 aromatic heterocycles. The first kappa shape index (κ1) is 21.3. The van der Waals surface area contributed by atoms with Crippen LogP contribution in [0.1, 0.15) is 27.3 Å². The van der Waals surface area contributed by atoms with E-state index in [0.717, 1.165) is 0 Å². The third kappa shape index (κ3) is 5.35. The van der Waals surface area contributed by atoms with E-state index in [1.807, 2.05) is 0 Å². The zero-order chi connectivity index (χ0) is 21.0. The molecule has 29 heavy (non-hydrogen) atoms. The first-order valence-corrected chi connectivity index (χ1v) is 11.6. The average molecular weight is 451 g/mol. The Morgan fingerprint density at radius 2 is 1.79 bits per heavy atom. The molecule has 0 spiro atoms. The van der Waals surface area contributed by atoms with Crippen LogP contribution in [0.4, 0.5) is 5.69 Å². The summed E-state index contributed by atoms with van der Waals surface area (Å²) in [6.07, 6.45) is 0. The van der Waals surface area contributed by atoms with Crippen molar-refractivity contribution in [2.75, 3.05) is 11.1 Å². The lowest BCUT2D eigenvalue weighted by atomic mass is 10.3. The molecule has 6 nitrogen and oxygen atoms in total. The van der Waals surface area contributed by atoms with E-state index in [9.17, 15) is 13.2 Å². The number of carbonyl (C=O) groups excluding carboxylic acids is 1. The van der Waals surface area contributed by atoms with Crippen molar-refractivity contribution in [3.63, 3.8) is 0 Å². The Bertz CT molecular complexity index is 1110. The number of benzene rings is 2. The molecule has 1 amide bonds. The highest BCUT2D eigenvalue weighted by atomic mass is 35.5. The van der Waals surface area contributed by atoms with Crippen LogP contribution in [0.15, 0.2) is 53.4 Å². The van der Waals surface area contributed by atoms with Crippen molar-refractivity contribution in [3.05, 3.63) is 69.1 Å². The molecule has 0 saturated heterocycles. The van der Waals surface area contributed by atoms with Crippen LogP contribution < -0.4 is 10.1 Å². The van der Waals surface area contributed by atoms with Crippen molar-refractivity contribution in [1.82, 2.24) is 4.98 Å². The van der Waals surface area contributed by atoms with Crippen LogP contribution in [0.5, 0.6) is 5.75 Å². The van der Waals surface area contributed by atoms with Crippen LogP contribution in [-0.2, 0) is 16.4 Å². The Morgan fingerprint density at radius 3 is 2.41 bits per heavy atom. The topological polar surface area (TPSA) is 85.4 Å². The fourth-order valence-corrected chi connectivity index (χ4v) is 4.38. The normalized spacial score (nSPS) is 11.3. The largest absolute Gasteiger partial charge is 0.486 e. The molecule has 0 saturated carbocycles. The van der Waals surface area contributed by atoms with Gasteiger partial charge in [0.05, 0.1) is 16.3 Å². The van der Waals surface area contributed by atoms with E-state index in [-0.39, 0.29) is 23.2 Å². The van der Waals surface area contributed by atoms with Crippen molar-refractivity contribution in [1.29, 1.82) is 0 Å². The fraction of sp³-hybridized carbons (Fsp3) is 0.200. The molecule has 0 bridgehead atoms. The molecule has 0 atom stereocenters. The van der Waals surface area contributed by atoms with E-state index in [1.165, 1.54) is 23.5 Å². The number of aromatic nitrogens is 1. The Balaban J connectivity index is 1.66. The average Bonchev–Trinajstić information content (AvgIpc) is 3.09. The minimum absolute atomic E-state index is 0.0274. The summed E-state index contributed by atoms with van der Waals surface area (Å²) in [5.74, 6) is 0.388. The number of amides is 1. The lowest BCUT2D eigenvalue weighted by Crippen LogP contribution is -2.11. The number of anilines is 1. The van der Waals surface area contributed by atoms with Crippen molar-refractivity contribution in [3.8, 4) is 5.75 Å². The lowest BCUT2D eigenvalue weighted by Gasteiger charge is -2.06. The van der Waals surface area contributed by atoms with Crippen molar-refractivity contribution in [2.45, 2.75) is 25.3 Å². The molecule has 0 fully saturated rings. The van der Waals surface area contributed by atoms with Crippen molar-refractivity contribution in [2.24, 2.45) is 0 Å². The van der Waals surface area contributed by atoms with Gasteiger partial charge in [0.15, 0.2) is 9.84 Å². The summed E-state index contributed by atoms with van der Waals surface area (Å²) in [5, 5.41) is 4.07. The van der Waals surface area contributed by atoms with Crippen LogP contribution in [0.3, 0.4) is 0 Å². The van der Waals surface area contributed by atoms with Gasteiger partial charge in [-0.3, -0.25) is 4.79 Å². The van der Waals surface area contributed by atoms with Gasteiger partial charge >= 0.3 is 0 Å². The summed E-state index contributed by atoms with van der Waals surface area (Å²) in [6.45, 7) is 3.59. The second-order valence-corrected chi connectivity index (χ2v) is 9.94. The minimum atomic E-state index is -3.27. The van der Waals surface area contributed by atoms with Crippen LogP contribution in [-0.4, -0.2) is 25.1 Å². The Hall–Kier alpha value is -2.42. The number of hydrogen-bond donors (Lipinski definition) is 1. The summed E-state index contributed by atoms with van der Waals surface area (Å²) < 4.78 is 29.4. The maximum atomic E-state index is 12.6. The monoisotopic (exact) mass is 450 g/mol. The summed E-state index contributed by atoms with van der Waals surface area (Å²) in [4.78, 5) is 17.7. The summed E-state index contributed by atoms with van der Waals surface area (Å²) in [5.41, 5.74) is 1.12. The number of thiazole rings is 1. The summed E-state index contributed by atoms with van der Waals surface area (Å²) in [7, 11) is -3.27. The van der Waals surface area contributed by atoms with E-state index < -0.39 is 9.84 Å². The molecular weight excluding hydrogens is 432 g/mol. The van der Waals surface area contributed by atoms with Crippen LogP contribution >= 0.6 is 22.9 Å². The van der Waals surface area contributed by atoms with Crippen molar-refractivity contribution >= 4 is 44.4 Å². The van der Waals surface area contributed by atoms with Crippen LogP contribution in [0.25, 0.3) is 0 Å². The number of rotatable bonds is 7. The van der Waals surface area contributed by atoms with Gasteiger partial charge in [-0.2, -0.15) is 0 Å². The second kappa shape index (κ2) is 8.94. The molecule has 152 valence electrons. The molecule has 1 heterocycles. The van der Waals surface area contributed by atoms with Gasteiger partial charge in [-0.1, -0.05) is 18.5 Å². The van der Waals surface area contributed by atoms with Gasteiger partial charge in [0.2, 0.25) is 0 Å². The Kier molecular flexibility index (Phi) is 6.56. The summed E-state index contributed by atoms with van der Waals surface area (Å²) in [6, 6.07) is 13.1. The molecule has 0 aliphatic carbocycles. The highest BCUT2D eigenvalue weighted by molar-refractivity contribution is 7.91. The number of sulfone groups is 1. The number of hydrogen-bond acceptors (Lipinski definition) is 6. The molecule has 0 aliphatic heterocycles. The second-order valence-electron chi connectivity index (χ2n) is 6.15. The van der Waals surface area contributed by atoms with Gasteiger partial charge < -0.3 is 10.1 Å². The standard InChI is InChI=1S/C20H19ClN2O4S2/c1-3-29(25,26)17-10-6-15(7-11-17)23-20(24)19-13(2)22-18(28-19)12-27-16-8-4-14(21)5-9-16/h4-11H,3,12H2,1-2H3,(H,23,24). The van der Waals surface area contributed by atoms with Gasteiger partial charge in [0, 0.05) is 10.7 Å². The molecule has 0 radical (unpaired) electrons. The number of carbonyl (C=O) groups is 1. The molecule has 3 rings (SSSR count). The quantitative estimate of drug-likeness (QED) is 0.562. The Morgan fingerprint density at radius 1 is 1.14 bits per heavy atom. The first-order chi connectivity index (χ1) is 13.8. The van der Waals surface area contributed by atoms with E-state index in [1.54, 1.807) is 50.2 Å². The van der Waals surface area contributed by atoms with E-state index in [4.69, 9.17) is 16.3 Å². The third-order valence-corrected chi connectivity index (χ3v) is 7.21. The van der Waals surface area contributed by atoms with E-state index in [2.05, 4.69) is 10.3 Å². The van der Waals surface area contributed by atoms with Gasteiger partial charge in [-0.05, 0) is 55.5 Å². The Labute approximate surface area is 178 Å². The fourth-order valence-electron chi connectivity index (χ4n) is 2.50. The van der Waals surface area contributed by atoms with Gasteiger partial charge in [-0.15, -0.1) is 11.3 Å². The number of halogens is 1. The SMILES string of the molecule is CCS(=O)(=O)c1ccc(NC(=O)c2sc(COc3ccc(Cl)cc3)nc2C)cc1. The zero-order valence-electron chi connectivity index (χ0n) is 15.8. The van der Waals surface area contributed by atoms with Gasteiger partial charge in [0.25, 0.3) is 5.91 Å². The number of nitrogens with zero attached hydrogens (tertiary/aromatic N) is 1. The van der Waals surface area contributed by atoms with E-state index in [0.29, 0.717) is 32.0 Å². The van der Waals surface area contributed by atoms with Crippen molar-refractivity contribution < 1.29 is 17.9 Å². The predicted molar refractivity (Wildman–Crippen MR) is 115 cm³/mol. The molecule has 0 aliphatic rings.